The first kappa shape index (κ1) is 14.9. The summed E-state index contributed by atoms with van der Waals surface area (Å²) in [5.74, 6) is 1.82. The van der Waals surface area contributed by atoms with E-state index in [1.54, 1.807) is 0 Å². The molecule has 0 amide bonds. The van der Waals surface area contributed by atoms with E-state index in [2.05, 4.69) is 27.1 Å². The van der Waals surface area contributed by atoms with Gasteiger partial charge in [0.15, 0.2) is 0 Å². The maximum absolute atomic E-state index is 6.38. The fraction of sp³-hybridized carbons (Fsp3) is 0.400. The van der Waals surface area contributed by atoms with Crippen LogP contribution >= 0.6 is 27.7 Å². The van der Waals surface area contributed by atoms with Crippen LogP contribution < -0.4 is 10.5 Å². The predicted molar refractivity (Wildman–Crippen MR) is 88.9 cm³/mol. The molecular weight excluding hydrogens is 350 g/mol. The summed E-state index contributed by atoms with van der Waals surface area (Å²) < 4.78 is 9.00. The zero-order chi connectivity index (χ0) is 15.0. The molecule has 0 fully saturated rings. The second-order valence-corrected chi connectivity index (χ2v) is 7.11. The number of nitrogens with two attached hydrogens (primary N) is 1. The van der Waals surface area contributed by atoms with Gasteiger partial charge < -0.3 is 10.5 Å². The van der Waals surface area contributed by atoms with E-state index in [0.717, 1.165) is 33.8 Å². The molecule has 2 aromatic rings. The molecule has 0 bridgehead atoms. The maximum Gasteiger partial charge on any atom is 0.133 e. The lowest BCUT2D eigenvalue weighted by atomic mass is 10.1. The van der Waals surface area contributed by atoms with Crippen molar-refractivity contribution < 1.29 is 4.74 Å². The topological polar surface area (TPSA) is 53.1 Å². The summed E-state index contributed by atoms with van der Waals surface area (Å²) in [6.45, 7) is 1.99. The molecule has 1 aliphatic heterocycles. The zero-order valence-electron chi connectivity index (χ0n) is 12.0. The van der Waals surface area contributed by atoms with Crippen molar-refractivity contribution in [3.05, 3.63) is 40.1 Å². The molecule has 1 aliphatic rings. The summed E-state index contributed by atoms with van der Waals surface area (Å²) >= 11 is 5.40. The lowest BCUT2D eigenvalue weighted by Crippen LogP contribution is -2.44. The summed E-state index contributed by atoms with van der Waals surface area (Å²) in [4.78, 5) is 1.19. The molecule has 2 unspecified atom stereocenters. The molecule has 21 heavy (non-hydrogen) atoms. The molecule has 6 heteroatoms. The molecule has 2 N–H and O–H groups in total. The van der Waals surface area contributed by atoms with Gasteiger partial charge in [-0.1, -0.05) is 12.1 Å². The number of halogens is 1. The molecule has 1 aromatic heterocycles. The van der Waals surface area contributed by atoms with Crippen LogP contribution in [0.15, 0.2) is 33.6 Å². The molecular formula is C15H18BrN3OS. The maximum atomic E-state index is 6.38. The number of hydrogen-bond donors (Lipinski definition) is 1. The number of aromatic nitrogens is 2. The Morgan fingerprint density at radius 2 is 2.29 bits per heavy atom. The van der Waals surface area contributed by atoms with Gasteiger partial charge in [-0.2, -0.15) is 5.10 Å². The minimum absolute atomic E-state index is 0.0204. The molecule has 0 saturated carbocycles. The van der Waals surface area contributed by atoms with Crippen LogP contribution in [0.2, 0.25) is 0 Å². The molecule has 112 valence electrons. The first-order valence-corrected chi connectivity index (χ1v) is 8.66. The Balaban J connectivity index is 1.73. The van der Waals surface area contributed by atoms with Crippen molar-refractivity contribution >= 4 is 27.7 Å². The zero-order valence-corrected chi connectivity index (χ0v) is 14.4. The third kappa shape index (κ3) is 2.98. The number of fused-ring (bicyclic) bond motifs is 1. The second kappa shape index (κ2) is 6.02. The highest BCUT2D eigenvalue weighted by atomic mass is 79.9. The third-order valence-electron chi connectivity index (χ3n) is 3.70. The Morgan fingerprint density at radius 1 is 1.52 bits per heavy atom. The van der Waals surface area contributed by atoms with E-state index < -0.39 is 0 Å². The summed E-state index contributed by atoms with van der Waals surface area (Å²) in [5.41, 5.74) is 8.49. The minimum Gasteiger partial charge on any atom is -0.487 e. The lowest BCUT2D eigenvalue weighted by Gasteiger charge is -2.29. The Hall–Kier alpha value is -0.980. The highest BCUT2D eigenvalue weighted by Crippen LogP contribution is 2.36. The molecule has 0 aliphatic carbocycles. The number of aryl methyl sites for hydroxylation is 2. The first-order valence-electron chi connectivity index (χ1n) is 6.88. The monoisotopic (exact) mass is 367 g/mol. The second-order valence-electron chi connectivity index (χ2n) is 5.25. The fourth-order valence-electron chi connectivity index (χ4n) is 2.50. The Morgan fingerprint density at radius 3 is 3.00 bits per heavy atom. The number of benzene rings is 1. The standard InChI is InChI=1S/C15H18BrN3OS/c1-9-15(16)11(19(2)18-9)7-10(17)13-8-21-14-6-4-3-5-12(14)20-13/h3-6,10,13H,7-8,17H2,1-2H3. The highest BCUT2D eigenvalue weighted by Gasteiger charge is 2.27. The van der Waals surface area contributed by atoms with Crippen molar-refractivity contribution in [2.45, 2.75) is 30.4 Å². The molecule has 2 atom stereocenters. The Labute approximate surface area is 137 Å². The largest absolute Gasteiger partial charge is 0.487 e. The van der Waals surface area contributed by atoms with Gasteiger partial charge in [-0.3, -0.25) is 4.68 Å². The van der Waals surface area contributed by atoms with E-state index >= 15 is 0 Å². The van der Waals surface area contributed by atoms with Gasteiger partial charge in [0.2, 0.25) is 0 Å². The lowest BCUT2D eigenvalue weighted by molar-refractivity contribution is 0.183. The van der Waals surface area contributed by atoms with E-state index in [4.69, 9.17) is 10.5 Å². The van der Waals surface area contributed by atoms with Crippen LogP contribution in [0.3, 0.4) is 0 Å². The molecule has 0 spiro atoms. The summed E-state index contributed by atoms with van der Waals surface area (Å²) in [7, 11) is 1.95. The molecule has 4 nitrogen and oxygen atoms in total. The average molecular weight is 368 g/mol. The van der Waals surface area contributed by atoms with Crippen molar-refractivity contribution in [3.63, 3.8) is 0 Å². The van der Waals surface area contributed by atoms with E-state index in [9.17, 15) is 0 Å². The van der Waals surface area contributed by atoms with E-state index in [1.807, 2.05) is 48.6 Å². The van der Waals surface area contributed by atoms with Crippen molar-refractivity contribution in [2.75, 3.05) is 5.75 Å². The highest BCUT2D eigenvalue weighted by molar-refractivity contribution is 9.10. The van der Waals surface area contributed by atoms with Crippen LogP contribution in [0.4, 0.5) is 0 Å². The smallest absolute Gasteiger partial charge is 0.133 e. The number of nitrogens with zero attached hydrogens (tertiary/aromatic N) is 2. The predicted octanol–water partition coefficient (Wildman–Crippen LogP) is 2.91. The van der Waals surface area contributed by atoms with Crippen LogP contribution in [-0.2, 0) is 13.5 Å². The van der Waals surface area contributed by atoms with Gasteiger partial charge in [-0.15, -0.1) is 11.8 Å². The van der Waals surface area contributed by atoms with E-state index in [-0.39, 0.29) is 12.1 Å². The molecule has 0 saturated heterocycles. The van der Waals surface area contributed by atoms with E-state index in [0.29, 0.717) is 0 Å². The Bertz CT molecular complexity index is 658. The van der Waals surface area contributed by atoms with Gasteiger partial charge in [0.25, 0.3) is 0 Å². The van der Waals surface area contributed by atoms with Gasteiger partial charge in [0, 0.05) is 30.2 Å². The van der Waals surface area contributed by atoms with Gasteiger partial charge in [-0.25, -0.2) is 0 Å². The number of hydrogen-bond acceptors (Lipinski definition) is 4. The summed E-state index contributed by atoms with van der Waals surface area (Å²) in [6.07, 6.45) is 0.762. The average Bonchev–Trinajstić information content (AvgIpc) is 2.73. The molecule has 2 heterocycles. The van der Waals surface area contributed by atoms with Crippen LogP contribution in [0.5, 0.6) is 5.75 Å². The normalized spacial score (nSPS) is 19.0. The number of rotatable bonds is 3. The molecule has 1 aromatic carbocycles. The van der Waals surface area contributed by atoms with Crippen LogP contribution in [0.1, 0.15) is 11.4 Å². The summed E-state index contributed by atoms with van der Waals surface area (Å²) in [6, 6.07) is 8.06. The Kier molecular flexibility index (Phi) is 4.28. The van der Waals surface area contributed by atoms with Crippen molar-refractivity contribution in [1.82, 2.24) is 9.78 Å². The van der Waals surface area contributed by atoms with Gasteiger partial charge in [-0.05, 0) is 35.0 Å². The molecule has 0 radical (unpaired) electrons. The van der Waals surface area contributed by atoms with Gasteiger partial charge in [0.1, 0.15) is 11.9 Å². The number of ether oxygens (including phenoxy) is 1. The van der Waals surface area contributed by atoms with Crippen LogP contribution in [0.25, 0.3) is 0 Å². The van der Waals surface area contributed by atoms with E-state index in [1.165, 1.54) is 4.90 Å². The fourth-order valence-corrected chi connectivity index (χ4v) is 4.09. The van der Waals surface area contributed by atoms with Crippen molar-refractivity contribution in [3.8, 4) is 5.75 Å². The number of thioether (sulfide) groups is 1. The summed E-state index contributed by atoms with van der Waals surface area (Å²) in [5, 5.41) is 4.41. The van der Waals surface area contributed by atoms with Crippen molar-refractivity contribution in [1.29, 1.82) is 0 Å². The van der Waals surface area contributed by atoms with Gasteiger partial charge >= 0.3 is 0 Å². The number of para-hydroxylation sites is 1. The minimum atomic E-state index is -0.0584. The SMILES string of the molecule is Cc1nn(C)c(CC(N)C2CSc3ccccc3O2)c1Br. The van der Waals surface area contributed by atoms with Crippen LogP contribution in [-0.4, -0.2) is 27.7 Å². The van der Waals surface area contributed by atoms with Gasteiger partial charge in [0.05, 0.1) is 15.9 Å². The third-order valence-corrected chi connectivity index (χ3v) is 5.87. The van der Waals surface area contributed by atoms with Crippen LogP contribution in [0, 0.1) is 6.92 Å². The quantitative estimate of drug-likeness (QED) is 0.905. The van der Waals surface area contributed by atoms with Crippen molar-refractivity contribution in [2.24, 2.45) is 12.8 Å². The first-order chi connectivity index (χ1) is 10.1. The molecule has 3 rings (SSSR count).